The summed E-state index contributed by atoms with van der Waals surface area (Å²) in [6, 6.07) is 2.24. The third kappa shape index (κ3) is 4.95. The van der Waals surface area contributed by atoms with E-state index in [-0.39, 0.29) is 18.5 Å². The fourth-order valence-electron chi connectivity index (χ4n) is 2.44. The van der Waals surface area contributed by atoms with Crippen molar-refractivity contribution >= 4 is 0 Å². The first-order chi connectivity index (χ1) is 7.94. The minimum Gasteiger partial charge on any atom is -0.302 e. The Morgan fingerprint density at radius 2 is 1.88 bits per heavy atom. The smallest absolute Gasteiger partial charge is 0.302 e. The zero-order valence-electron chi connectivity index (χ0n) is 10.1. The summed E-state index contributed by atoms with van der Waals surface area (Å²) in [5.41, 5.74) is 0. The van der Waals surface area contributed by atoms with Gasteiger partial charge in [-0.05, 0) is 19.9 Å². The van der Waals surface area contributed by atoms with Gasteiger partial charge in [-0.25, -0.2) is 0 Å². The van der Waals surface area contributed by atoms with E-state index in [0.717, 1.165) is 32.1 Å². The van der Waals surface area contributed by atoms with Crippen molar-refractivity contribution in [2.75, 3.05) is 13.6 Å². The first kappa shape index (κ1) is 14.3. The molecule has 0 aromatic carbocycles. The van der Waals surface area contributed by atoms with E-state index in [2.05, 4.69) is 6.07 Å². The summed E-state index contributed by atoms with van der Waals surface area (Å²) >= 11 is 0. The van der Waals surface area contributed by atoms with Crippen LogP contribution in [0, 0.1) is 17.2 Å². The van der Waals surface area contributed by atoms with Crippen LogP contribution in [0.5, 0.6) is 0 Å². The van der Waals surface area contributed by atoms with Crippen molar-refractivity contribution in [1.82, 2.24) is 4.90 Å². The van der Waals surface area contributed by atoms with Crippen LogP contribution in [0.3, 0.4) is 0 Å². The molecular weight excluding hydrogens is 229 g/mol. The van der Waals surface area contributed by atoms with Gasteiger partial charge in [0, 0.05) is 12.6 Å². The summed E-state index contributed by atoms with van der Waals surface area (Å²) in [4.78, 5) is 1.71. The molecule has 1 fully saturated rings. The third-order valence-electron chi connectivity index (χ3n) is 3.46. The summed E-state index contributed by atoms with van der Waals surface area (Å²) in [5, 5.41) is 9.06. The maximum Gasteiger partial charge on any atom is 0.390 e. The van der Waals surface area contributed by atoms with Gasteiger partial charge < -0.3 is 4.90 Å². The lowest BCUT2D eigenvalue weighted by Crippen LogP contribution is -2.38. The molecule has 0 aromatic heterocycles. The molecular formula is C12H19F3N2. The molecule has 0 aliphatic heterocycles. The Morgan fingerprint density at radius 3 is 2.47 bits per heavy atom. The Hall–Kier alpha value is -0.760. The van der Waals surface area contributed by atoms with Gasteiger partial charge in [0.1, 0.15) is 0 Å². The van der Waals surface area contributed by atoms with Crippen LogP contribution in [0.1, 0.15) is 38.5 Å². The zero-order valence-corrected chi connectivity index (χ0v) is 10.1. The minimum absolute atomic E-state index is 0.00759. The summed E-state index contributed by atoms with van der Waals surface area (Å²) < 4.78 is 36.5. The summed E-state index contributed by atoms with van der Waals surface area (Å²) in [6.07, 6.45) is -0.133. The van der Waals surface area contributed by atoms with Crippen molar-refractivity contribution in [3.8, 4) is 6.07 Å². The number of rotatable bonds is 3. The molecule has 0 bridgehead atoms. The maximum atomic E-state index is 12.2. The molecule has 98 valence electrons. The van der Waals surface area contributed by atoms with E-state index in [1.54, 1.807) is 11.9 Å². The predicted molar refractivity (Wildman–Crippen MR) is 59.3 cm³/mol. The van der Waals surface area contributed by atoms with Gasteiger partial charge in [-0.1, -0.05) is 19.3 Å². The first-order valence-corrected chi connectivity index (χ1v) is 6.10. The fourth-order valence-corrected chi connectivity index (χ4v) is 2.44. The highest BCUT2D eigenvalue weighted by Crippen LogP contribution is 2.28. The quantitative estimate of drug-likeness (QED) is 0.716. The number of halogens is 3. The molecule has 1 rings (SSSR count). The van der Waals surface area contributed by atoms with E-state index in [1.807, 2.05) is 0 Å². The molecule has 1 aliphatic rings. The van der Waals surface area contributed by atoms with E-state index in [9.17, 15) is 13.2 Å². The molecule has 1 aliphatic carbocycles. The molecule has 0 heterocycles. The van der Waals surface area contributed by atoms with Crippen LogP contribution >= 0.6 is 0 Å². The molecule has 2 unspecified atom stereocenters. The van der Waals surface area contributed by atoms with E-state index in [4.69, 9.17) is 5.26 Å². The molecule has 1 saturated carbocycles. The number of alkyl halides is 3. The molecule has 5 heteroatoms. The van der Waals surface area contributed by atoms with Crippen molar-refractivity contribution in [3.05, 3.63) is 0 Å². The van der Waals surface area contributed by atoms with Gasteiger partial charge in [0.15, 0.2) is 0 Å². The summed E-state index contributed by atoms with van der Waals surface area (Å²) in [7, 11) is 1.70. The Labute approximate surface area is 100 Å². The highest BCUT2D eigenvalue weighted by Gasteiger charge is 2.31. The van der Waals surface area contributed by atoms with Gasteiger partial charge in [-0.2, -0.15) is 18.4 Å². The van der Waals surface area contributed by atoms with Gasteiger partial charge in [-0.3, -0.25) is 0 Å². The average Bonchev–Trinajstić information content (AvgIpc) is 2.49. The molecule has 0 N–H and O–H groups in total. The van der Waals surface area contributed by atoms with Crippen molar-refractivity contribution in [3.63, 3.8) is 0 Å². The molecule has 0 saturated heterocycles. The normalized spacial score (nSPS) is 26.6. The van der Waals surface area contributed by atoms with Crippen LogP contribution in [0.2, 0.25) is 0 Å². The molecule has 0 aromatic rings. The van der Waals surface area contributed by atoms with E-state index < -0.39 is 12.6 Å². The highest BCUT2D eigenvalue weighted by atomic mass is 19.4. The number of hydrogen-bond donors (Lipinski definition) is 0. The van der Waals surface area contributed by atoms with Crippen molar-refractivity contribution in [2.24, 2.45) is 5.92 Å². The van der Waals surface area contributed by atoms with Crippen LogP contribution in [0.25, 0.3) is 0 Å². The molecule has 0 radical (unpaired) electrons. The SMILES string of the molecule is CN(CCC(F)(F)F)C1CCCCCC1C#N. The van der Waals surface area contributed by atoms with Crippen molar-refractivity contribution < 1.29 is 13.2 Å². The predicted octanol–water partition coefficient (Wildman–Crippen LogP) is 3.34. The largest absolute Gasteiger partial charge is 0.390 e. The minimum atomic E-state index is -4.11. The Morgan fingerprint density at radius 1 is 1.24 bits per heavy atom. The van der Waals surface area contributed by atoms with Crippen molar-refractivity contribution in [1.29, 1.82) is 5.26 Å². The standard InChI is InChI=1S/C12H19F3N2/c1-17(8-7-12(13,14)15)11-6-4-2-3-5-10(11)9-16/h10-11H,2-8H2,1H3. The van der Waals surface area contributed by atoms with Crippen LogP contribution in [-0.2, 0) is 0 Å². The van der Waals surface area contributed by atoms with E-state index >= 15 is 0 Å². The lowest BCUT2D eigenvalue weighted by atomic mass is 9.95. The molecule has 17 heavy (non-hydrogen) atoms. The summed E-state index contributed by atoms with van der Waals surface area (Å²) in [6.45, 7) is -0.00759. The van der Waals surface area contributed by atoms with Crippen LogP contribution in [0.15, 0.2) is 0 Å². The highest BCUT2D eigenvalue weighted by molar-refractivity contribution is 4.94. The first-order valence-electron chi connectivity index (χ1n) is 6.10. The third-order valence-corrected chi connectivity index (χ3v) is 3.46. The maximum absolute atomic E-state index is 12.2. The van der Waals surface area contributed by atoms with Crippen LogP contribution < -0.4 is 0 Å². The fraction of sp³-hybridized carbons (Fsp3) is 0.917. The average molecular weight is 248 g/mol. The molecule has 2 nitrogen and oxygen atoms in total. The lowest BCUT2D eigenvalue weighted by molar-refractivity contribution is -0.138. The number of hydrogen-bond acceptors (Lipinski definition) is 2. The van der Waals surface area contributed by atoms with Crippen molar-refractivity contribution in [2.45, 2.75) is 50.7 Å². The van der Waals surface area contributed by atoms with Gasteiger partial charge >= 0.3 is 6.18 Å². The van der Waals surface area contributed by atoms with Gasteiger partial charge in [0.25, 0.3) is 0 Å². The van der Waals surface area contributed by atoms with Crippen LogP contribution in [0.4, 0.5) is 13.2 Å². The van der Waals surface area contributed by atoms with Crippen LogP contribution in [-0.4, -0.2) is 30.7 Å². The van der Waals surface area contributed by atoms with Gasteiger partial charge in [-0.15, -0.1) is 0 Å². The second kappa shape index (κ2) is 6.25. The Balaban J connectivity index is 2.52. The summed E-state index contributed by atoms with van der Waals surface area (Å²) in [5.74, 6) is -0.115. The second-order valence-corrected chi connectivity index (χ2v) is 4.79. The van der Waals surface area contributed by atoms with E-state index in [1.165, 1.54) is 0 Å². The topological polar surface area (TPSA) is 27.0 Å². The number of nitriles is 1. The monoisotopic (exact) mass is 248 g/mol. The molecule has 2 atom stereocenters. The molecule has 0 spiro atoms. The van der Waals surface area contributed by atoms with Gasteiger partial charge in [0.2, 0.25) is 0 Å². The van der Waals surface area contributed by atoms with E-state index in [0.29, 0.717) is 0 Å². The second-order valence-electron chi connectivity index (χ2n) is 4.79. The Kier molecular flexibility index (Phi) is 5.26. The molecule has 0 amide bonds. The van der Waals surface area contributed by atoms with Gasteiger partial charge in [0.05, 0.1) is 18.4 Å². The number of nitrogens with zero attached hydrogens (tertiary/aromatic N) is 2. The zero-order chi connectivity index (χ0) is 12.9. The lowest BCUT2D eigenvalue weighted by Gasteiger charge is -2.30. The Bertz CT molecular complexity index is 270.